The number of thioether (sulfide) groups is 1. The molecule has 9 nitrogen and oxygen atoms in total. The van der Waals surface area contributed by atoms with Crippen LogP contribution in [0.4, 0.5) is 11.4 Å². The Morgan fingerprint density at radius 1 is 1.16 bits per heavy atom. The number of rotatable bonds is 4. The smallest absolute Gasteiger partial charge is 0.286 e. The fourth-order valence-electron chi connectivity index (χ4n) is 4.18. The summed E-state index contributed by atoms with van der Waals surface area (Å²) in [6, 6.07) is 15.0. The number of hydrogen-bond acceptors (Lipinski definition) is 7. The zero-order valence-corrected chi connectivity index (χ0v) is 17.9. The zero-order valence-electron chi connectivity index (χ0n) is 17.1. The number of carbonyl (C=O) groups excluding carboxylic acids is 2. The zero-order chi connectivity index (χ0) is 21.6. The van der Waals surface area contributed by atoms with Crippen LogP contribution in [0.5, 0.6) is 0 Å². The molecule has 0 radical (unpaired) electrons. The molecule has 0 N–H and O–H groups in total. The Kier molecular flexibility index (Phi) is 4.75. The Morgan fingerprint density at radius 3 is 2.65 bits per heavy atom. The van der Waals surface area contributed by atoms with Crippen molar-refractivity contribution in [3.05, 3.63) is 59.7 Å². The van der Waals surface area contributed by atoms with Gasteiger partial charge in [-0.2, -0.15) is 0 Å². The van der Waals surface area contributed by atoms with Gasteiger partial charge in [-0.15, -0.1) is 5.10 Å². The van der Waals surface area contributed by atoms with Crippen molar-refractivity contribution in [3.63, 3.8) is 0 Å². The molecule has 0 unspecified atom stereocenters. The van der Waals surface area contributed by atoms with Crippen LogP contribution in [-0.4, -0.2) is 44.3 Å². The number of tetrazole rings is 1. The highest BCUT2D eigenvalue weighted by atomic mass is 32.2. The summed E-state index contributed by atoms with van der Waals surface area (Å²) in [6.45, 7) is 2.62. The first kappa shape index (κ1) is 19.7. The van der Waals surface area contributed by atoms with E-state index in [2.05, 4.69) is 15.5 Å². The van der Waals surface area contributed by atoms with E-state index in [0.29, 0.717) is 23.0 Å². The molecule has 2 aromatic carbocycles. The number of para-hydroxylation sites is 2. The maximum absolute atomic E-state index is 13.7. The lowest BCUT2D eigenvalue weighted by Crippen LogP contribution is -2.60. The quantitative estimate of drug-likeness (QED) is 0.578. The summed E-state index contributed by atoms with van der Waals surface area (Å²) in [5.74, 6) is -0.472. The number of likely N-dealkylation sites (N-methyl/N-ethyl adjacent to an activating group) is 1. The fourth-order valence-corrected chi connectivity index (χ4v) is 4.88. The van der Waals surface area contributed by atoms with Gasteiger partial charge in [-0.1, -0.05) is 48.2 Å². The van der Waals surface area contributed by atoms with Gasteiger partial charge >= 0.3 is 0 Å². The van der Waals surface area contributed by atoms with E-state index in [0.717, 1.165) is 11.3 Å². The third kappa shape index (κ3) is 2.86. The van der Waals surface area contributed by atoms with E-state index >= 15 is 0 Å². The minimum atomic E-state index is -1.53. The number of aromatic nitrogens is 4. The Bertz CT molecular complexity index is 1180. The Hall–Kier alpha value is -3.24. The summed E-state index contributed by atoms with van der Waals surface area (Å²) in [5.41, 5.74) is 1.44. The highest BCUT2D eigenvalue weighted by Crippen LogP contribution is 2.50. The van der Waals surface area contributed by atoms with E-state index in [1.165, 1.54) is 21.3 Å². The molecule has 0 saturated carbocycles. The van der Waals surface area contributed by atoms with Crippen LogP contribution in [0.3, 0.4) is 0 Å². The van der Waals surface area contributed by atoms with E-state index in [1.54, 1.807) is 11.9 Å². The topological polar surface area (TPSA) is 93.4 Å². The molecule has 1 atom stereocenters. The van der Waals surface area contributed by atoms with E-state index in [9.17, 15) is 9.59 Å². The highest BCUT2D eigenvalue weighted by Gasteiger charge is 2.59. The molecule has 0 aliphatic carbocycles. The van der Waals surface area contributed by atoms with Crippen molar-refractivity contribution in [2.45, 2.75) is 24.4 Å². The molecule has 0 fully saturated rings. The van der Waals surface area contributed by atoms with Crippen molar-refractivity contribution < 1.29 is 14.3 Å². The number of amides is 2. The molecule has 31 heavy (non-hydrogen) atoms. The highest BCUT2D eigenvalue weighted by molar-refractivity contribution is 7.99. The molecule has 3 aromatic rings. The van der Waals surface area contributed by atoms with Gasteiger partial charge < -0.3 is 9.64 Å². The summed E-state index contributed by atoms with van der Waals surface area (Å²) in [7, 11) is 1.71. The van der Waals surface area contributed by atoms with Gasteiger partial charge in [0.05, 0.1) is 23.7 Å². The maximum Gasteiger partial charge on any atom is 0.286 e. The van der Waals surface area contributed by atoms with Crippen molar-refractivity contribution >= 4 is 35.0 Å². The first-order valence-corrected chi connectivity index (χ1v) is 10.9. The predicted octanol–water partition coefficient (Wildman–Crippen LogP) is 2.09. The average Bonchev–Trinajstić information content (AvgIpc) is 3.31. The van der Waals surface area contributed by atoms with Gasteiger partial charge in [-0.3, -0.25) is 14.5 Å². The molecule has 2 aliphatic rings. The molecular formula is C21H20N6O3S. The molecule has 0 saturated heterocycles. The van der Waals surface area contributed by atoms with Gasteiger partial charge in [0.1, 0.15) is 0 Å². The Labute approximate surface area is 183 Å². The number of nitrogens with zero attached hydrogens (tertiary/aromatic N) is 6. The molecular weight excluding hydrogens is 416 g/mol. The van der Waals surface area contributed by atoms with Crippen LogP contribution < -0.4 is 9.80 Å². The number of carbonyl (C=O) groups is 2. The molecule has 2 amide bonds. The van der Waals surface area contributed by atoms with Crippen molar-refractivity contribution in [1.29, 1.82) is 0 Å². The molecule has 10 heteroatoms. The SMILES string of the molecule is CCN1C(=O)[C@]2(OCc3ccccc3N2C(=O)CSc2nnnn2C)c2ccccc21. The minimum absolute atomic E-state index is 0.0508. The van der Waals surface area contributed by atoms with Gasteiger partial charge in [0, 0.05) is 24.7 Å². The average molecular weight is 436 g/mol. The third-order valence-electron chi connectivity index (χ3n) is 5.55. The standard InChI is InChI=1S/C21H20N6O3S/c1-3-26-17-11-7-5-9-15(17)21(19(26)29)27(16-10-6-4-8-14(16)12-30-21)18(28)13-31-20-22-23-24-25(20)2/h4-11H,3,12-13H2,1-2H3/t21-/m1/s1. The number of hydrogen-bond donors (Lipinski definition) is 0. The van der Waals surface area contributed by atoms with Crippen LogP contribution in [-0.2, 0) is 33.7 Å². The van der Waals surface area contributed by atoms with E-state index in [4.69, 9.17) is 4.74 Å². The summed E-state index contributed by atoms with van der Waals surface area (Å²) in [5, 5.41) is 11.9. The van der Waals surface area contributed by atoms with Crippen molar-refractivity contribution in [3.8, 4) is 0 Å². The number of anilines is 2. The van der Waals surface area contributed by atoms with Gasteiger partial charge in [0.25, 0.3) is 11.6 Å². The molecule has 1 spiro atoms. The van der Waals surface area contributed by atoms with Gasteiger partial charge in [-0.25, -0.2) is 4.68 Å². The van der Waals surface area contributed by atoms with Crippen LogP contribution in [0.15, 0.2) is 53.7 Å². The summed E-state index contributed by atoms with van der Waals surface area (Å²) < 4.78 is 7.78. The summed E-state index contributed by atoms with van der Waals surface area (Å²) >= 11 is 1.22. The Balaban J connectivity index is 1.62. The number of benzene rings is 2. The number of ether oxygens (including phenoxy) is 1. The lowest BCUT2D eigenvalue weighted by atomic mass is 9.97. The third-order valence-corrected chi connectivity index (χ3v) is 6.55. The van der Waals surface area contributed by atoms with Crippen molar-refractivity contribution in [1.82, 2.24) is 20.2 Å². The van der Waals surface area contributed by atoms with E-state index in [1.807, 2.05) is 55.5 Å². The van der Waals surface area contributed by atoms with E-state index < -0.39 is 5.72 Å². The molecule has 5 rings (SSSR count). The second-order valence-corrected chi connectivity index (χ2v) is 8.17. The first-order chi connectivity index (χ1) is 15.1. The fraction of sp³-hybridized carbons (Fsp3) is 0.286. The van der Waals surface area contributed by atoms with Crippen LogP contribution in [0.2, 0.25) is 0 Å². The summed E-state index contributed by atoms with van der Waals surface area (Å²) in [4.78, 5) is 30.6. The van der Waals surface area contributed by atoms with Gasteiger partial charge in [0.15, 0.2) is 0 Å². The monoisotopic (exact) mass is 436 g/mol. The van der Waals surface area contributed by atoms with Crippen molar-refractivity contribution in [2.24, 2.45) is 7.05 Å². The predicted molar refractivity (Wildman–Crippen MR) is 114 cm³/mol. The molecule has 0 bridgehead atoms. The van der Waals surface area contributed by atoms with E-state index in [-0.39, 0.29) is 24.2 Å². The lowest BCUT2D eigenvalue weighted by molar-refractivity contribution is -0.152. The number of aryl methyl sites for hydroxylation is 1. The van der Waals surface area contributed by atoms with Crippen molar-refractivity contribution in [2.75, 3.05) is 22.1 Å². The number of fused-ring (bicyclic) bond motifs is 3. The first-order valence-electron chi connectivity index (χ1n) is 9.89. The molecule has 158 valence electrons. The van der Waals surface area contributed by atoms with Crippen LogP contribution >= 0.6 is 11.8 Å². The second-order valence-electron chi connectivity index (χ2n) is 7.23. The van der Waals surface area contributed by atoms with Crippen LogP contribution in [0.1, 0.15) is 18.1 Å². The van der Waals surface area contributed by atoms with Gasteiger partial charge in [-0.05, 0) is 29.5 Å². The second kappa shape index (κ2) is 7.47. The minimum Gasteiger partial charge on any atom is -0.338 e. The molecule has 2 aliphatic heterocycles. The normalized spacial score (nSPS) is 19.6. The maximum atomic E-state index is 13.7. The molecule has 3 heterocycles. The van der Waals surface area contributed by atoms with Crippen LogP contribution in [0.25, 0.3) is 0 Å². The lowest BCUT2D eigenvalue weighted by Gasteiger charge is -2.43. The summed E-state index contributed by atoms with van der Waals surface area (Å²) in [6.07, 6.45) is 0. The Morgan fingerprint density at radius 2 is 1.90 bits per heavy atom. The van der Waals surface area contributed by atoms with Crippen LogP contribution in [0, 0.1) is 0 Å². The largest absolute Gasteiger partial charge is 0.338 e. The molecule has 1 aromatic heterocycles. The van der Waals surface area contributed by atoms with Gasteiger partial charge in [0.2, 0.25) is 11.1 Å².